The molecule has 0 aromatic carbocycles. The Balaban J connectivity index is 2.42. The summed E-state index contributed by atoms with van der Waals surface area (Å²) in [7, 11) is 1.72. The van der Waals surface area contributed by atoms with Crippen LogP contribution in [0.2, 0.25) is 0 Å². The van der Waals surface area contributed by atoms with Crippen LogP contribution in [-0.4, -0.2) is 47.0 Å². The van der Waals surface area contributed by atoms with Gasteiger partial charge in [0.15, 0.2) is 0 Å². The normalized spacial score (nSPS) is 23.6. The summed E-state index contributed by atoms with van der Waals surface area (Å²) in [5, 5.41) is 8.55. The molecule has 19 heavy (non-hydrogen) atoms. The third kappa shape index (κ3) is 5.36. The van der Waals surface area contributed by atoms with Crippen molar-refractivity contribution < 1.29 is 24.2 Å². The fourth-order valence-electron chi connectivity index (χ4n) is 2.18. The Morgan fingerprint density at radius 3 is 2.11 bits per heavy atom. The van der Waals surface area contributed by atoms with Crippen molar-refractivity contribution in [2.24, 2.45) is 0 Å². The number of carbonyl (C=O) groups is 2. The van der Waals surface area contributed by atoms with Gasteiger partial charge in [-0.1, -0.05) is 0 Å². The van der Waals surface area contributed by atoms with Crippen LogP contribution in [-0.2, 0) is 9.47 Å². The SMILES string of the molecule is CN(C(=O)OC(C)(C)C)C1CCC(OC(=O)O)CC1. The van der Waals surface area contributed by atoms with E-state index in [1.165, 1.54) is 0 Å². The van der Waals surface area contributed by atoms with Gasteiger partial charge in [0.05, 0.1) is 0 Å². The summed E-state index contributed by atoms with van der Waals surface area (Å²) in [4.78, 5) is 23.9. The van der Waals surface area contributed by atoms with Crippen LogP contribution < -0.4 is 0 Å². The molecule has 0 aliphatic heterocycles. The second-order valence-corrected chi connectivity index (χ2v) is 5.91. The van der Waals surface area contributed by atoms with Crippen LogP contribution in [0, 0.1) is 0 Å². The number of rotatable bonds is 2. The number of carboxylic acid groups (broad SMARTS) is 1. The van der Waals surface area contributed by atoms with E-state index in [-0.39, 0.29) is 18.2 Å². The zero-order valence-corrected chi connectivity index (χ0v) is 12.0. The molecular formula is C13H23NO5. The third-order valence-electron chi connectivity index (χ3n) is 3.14. The van der Waals surface area contributed by atoms with Crippen molar-refractivity contribution in [2.75, 3.05) is 7.05 Å². The molecule has 1 aliphatic carbocycles. The molecule has 1 saturated carbocycles. The van der Waals surface area contributed by atoms with Crippen molar-refractivity contribution >= 4 is 12.2 Å². The number of carbonyl (C=O) groups excluding carboxylic acids is 1. The third-order valence-corrected chi connectivity index (χ3v) is 3.14. The Bertz CT molecular complexity index is 328. The van der Waals surface area contributed by atoms with Crippen LogP contribution in [0.15, 0.2) is 0 Å². The largest absolute Gasteiger partial charge is 0.506 e. The van der Waals surface area contributed by atoms with E-state index in [2.05, 4.69) is 0 Å². The summed E-state index contributed by atoms with van der Waals surface area (Å²) in [6, 6.07) is 0.0866. The van der Waals surface area contributed by atoms with Crippen molar-refractivity contribution in [3.05, 3.63) is 0 Å². The maximum Gasteiger partial charge on any atom is 0.506 e. The maximum atomic E-state index is 11.9. The van der Waals surface area contributed by atoms with Crippen molar-refractivity contribution in [1.82, 2.24) is 4.90 Å². The monoisotopic (exact) mass is 273 g/mol. The summed E-state index contributed by atoms with van der Waals surface area (Å²) in [5.41, 5.74) is -0.505. The molecule has 1 N–H and O–H groups in total. The zero-order chi connectivity index (χ0) is 14.6. The Labute approximate surface area is 113 Å². The Hall–Kier alpha value is -1.46. The molecule has 1 rings (SSSR count). The second-order valence-electron chi connectivity index (χ2n) is 5.91. The van der Waals surface area contributed by atoms with Crippen LogP contribution in [0.3, 0.4) is 0 Å². The molecule has 0 unspecified atom stereocenters. The molecular weight excluding hydrogens is 250 g/mol. The highest BCUT2D eigenvalue weighted by atomic mass is 16.7. The summed E-state index contributed by atoms with van der Waals surface area (Å²) in [6.45, 7) is 5.49. The first kappa shape index (κ1) is 15.6. The summed E-state index contributed by atoms with van der Waals surface area (Å²) in [5.74, 6) is 0. The number of amides is 1. The van der Waals surface area contributed by atoms with E-state index in [1.54, 1.807) is 11.9 Å². The van der Waals surface area contributed by atoms with Gasteiger partial charge in [0, 0.05) is 13.1 Å². The quantitative estimate of drug-likeness (QED) is 0.783. The van der Waals surface area contributed by atoms with Gasteiger partial charge < -0.3 is 19.5 Å². The molecule has 6 heteroatoms. The van der Waals surface area contributed by atoms with Gasteiger partial charge in [-0.3, -0.25) is 0 Å². The van der Waals surface area contributed by atoms with Crippen LogP contribution in [0.25, 0.3) is 0 Å². The first-order chi connectivity index (χ1) is 8.69. The Morgan fingerprint density at radius 2 is 1.68 bits per heavy atom. The van der Waals surface area contributed by atoms with Crippen molar-refractivity contribution in [3.8, 4) is 0 Å². The number of hydrogen-bond acceptors (Lipinski definition) is 4. The Kier molecular flexibility index (Phi) is 5.03. The predicted molar refractivity (Wildman–Crippen MR) is 69.2 cm³/mol. The topological polar surface area (TPSA) is 76.1 Å². The van der Waals surface area contributed by atoms with Crippen molar-refractivity contribution in [3.63, 3.8) is 0 Å². The highest BCUT2D eigenvalue weighted by Crippen LogP contribution is 2.25. The molecule has 0 aromatic heterocycles. The summed E-state index contributed by atoms with van der Waals surface area (Å²) < 4.78 is 10.0. The molecule has 0 bridgehead atoms. The van der Waals surface area contributed by atoms with Gasteiger partial charge in [-0.25, -0.2) is 9.59 Å². The average molecular weight is 273 g/mol. The molecule has 0 spiro atoms. The summed E-state index contributed by atoms with van der Waals surface area (Å²) >= 11 is 0. The van der Waals surface area contributed by atoms with Crippen LogP contribution in [0.1, 0.15) is 46.5 Å². The van der Waals surface area contributed by atoms with Gasteiger partial charge >= 0.3 is 12.2 Å². The fourth-order valence-corrected chi connectivity index (χ4v) is 2.18. The first-order valence-electron chi connectivity index (χ1n) is 6.54. The lowest BCUT2D eigenvalue weighted by atomic mass is 9.92. The zero-order valence-electron chi connectivity index (χ0n) is 12.0. The summed E-state index contributed by atoms with van der Waals surface area (Å²) in [6.07, 6.45) is 0.926. The van der Waals surface area contributed by atoms with Crippen LogP contribution in [0.4, 0.5) is 9.59 Å². The van der Waals surface area contributed by atoms with Crippen LogP contribution in [0.5, 0.6) is 0 Å². The van der Waals surface area contributed by atoms with E-state index < -0.39 is 11.8 Å². The molecule has 110 valence electrons. The maximum absolute atomic E-state index is 11.9. The average Bonchev–Trinajstić information content (AvgIpc) is 2.26. The van der Waals surface area contributed by atoms with Gasteiger partial charge in [-0.15, -0.1) is 0 Å². The fraction of sp³-hybridized carbons (Fsp3) is 0.846. The molecule has 0 radical (unpaired) electrons. The van der Waals surface area contributed by atoms with E-state index in [1.807, 2.05) is 20.8 Å². The molecule has 1 amide bonds. The van der Waals surface area contributed by atoms with Crippen LogP contribution >= 0.6 is 0 Å². The number of hydrogen-bond donors (Lipinski definition) is 1. The lowest BCUT2D eigenvalue weighted by Crippen LogP contribution is -2.43. The van der Waals surface area contributed by atoms with Gasteiger partial charge in [-0.05, 0) is 46.5 Å². The predicted octanol–water partition coefficient (Wildman–Crippen LogP) is 2.86. The van der Waals surface area contributed by atoms with E-state index in [9.17, 15) is 9.59 Å². The molecule has 0 heterocycles. The molecule has 0 atom stereocenters. The lowest BCUT2D eigenvalue weighted by Gasteiger charge is -2.34. The molecule has 0 aromatic rings. The van der Waals surface area contributed by atoms with Gasteiger partial charge in [0.25, 0.3) is 0 Å². The first-order valence-corrected chi connectivity index (χ1v) is 6.54. The number of ether oxygens (including phenoxy) is 2. The van der Waals surface area contributed by atoms with Gasteiger partial charge in [0.1, 0.15) is 11.7 Å². The highest BCUT2D eigenvalue weighted by molar-refractivity contribution is 5.68. The second kappa shape index (κ2) is 6.12. The minimum Gasteiger partial charge on any atom is -0.450 e. The van der Waals surface area contributed by atoms with E-state index >= 15 is 0 Å². The van der Waals surface area contributed by atoms with E-state index in [0.29, 0.717) is 12.8 Å². The highest BCUT2D eigenvalue weighted by Gasteiger charge is 2.30. The minimum absolute atomic E-state index is 0.0866. The lowest BCUT2D eigenvalue weighted by molar-refractivity contribution is 0.00201. The van der Waals surface area contributed by atoms with E-state index in [4.69, 9.17) is 14.6 Å². The Morgan fingerprint density at radius 1 is 1.16 bits per heavy atom. The molecule has 1 fully saturated rings. The van der Waals surface area contributed by atoms with E-state index in [0.717, 1.165) is 12.8 Å². The van der Waals surface area contributed by atoms with Crippen molar-refractivity contribution in [1.29, 1.82) is 0 Å². The smallest absolute Gasteiger partial charge is 0.450 e. The van der Waals surface area contributed by atoms with Gasteiger partial charge in [0.2, 0.25) is 0 Å². The molecule has 6 nitrogen and oxygen atoms in total. The van der Waals surface area contributed by atoms with Gasteiger partial charge in [-0.2, -0.15) is 0 Å². The molecule has 0 saturated heterocycles. The standard InChI is InChI=1S/C13H23NO5/c1-13(2,3)19-11(15)14(4)9-5-7-10(8-6-9)18-12(16)17/h9-10H,5-8H2,1-4H3,(H,16,17). The minimum atomic E-state index is -1.23. The number of nitrogens with zero attached hydrogens (tertiary/aromatic N) is 1. The molecule has 1 aliphatic rings. The van der Waals surface area contributed by atoms with Crippen molar-refractivity contribution in [2.45, 2.75) is 64.2 Å².